The van der Waals surface area contributed by atoms with E-state index in [9.17, 15) is 4.79 Å². The Morgan fingerprint density at radius 2 is 2.19 bits per heavy atom. The van der Waals surface area contributed by atoms with Crippen LogP contribution in [0.5, 0.6) is 0 Å². The first-order valence-corrected chi connectivity index (χ1v) is 9.70. The predicted molar refractivity (Wildman–Crippen MR) is 109 cm³/mol. The molecule has 1 aliphatic rings. The third kappa shape index (κ3) is 3.93. The van der Waals surface area contributed by atoms with Crippen molar-refractivity contribution in [1.82, 2.24) is 15.3 Å². The highest BCUT2D eigenvalue weighted by Crippen LogP contribution is 2.24. The molecule has 3 aromatic rings. The zero-order valence-electron chi connectivity index (χ0n) is 15.3. The van der Waals surface area contributed by atoms with Crippen molar-refractivity contribution < 1.29 is 4.79 Å². The van der Waals surface area contributed by atoms with Crippen LogP contribution in [0.2, 0.25) is 5.02 Å². The molecular formula is C21H23ClN4O. The van der Waals surface area contributed by atoms with Gasteiger partial charge in [0.1, 0.15) is 0 Å². The normalized spacial score (nSPS) is 17.3. The molecule has 5 nitrogen and oxygen atoms in total. The maximum atomic E-state index is 12.7. The average Bonchev–Trinajstić information content (AvgIpc) is 3.10. The number of aromatic nitrogens is 2. The molecule has 0 saturated carbocycles. The number of rotatable bonds is 4. The summed E-state index contributed by atoms with van der Waals surface area (Å²) >= 11 is 6.17. The number of H-pyrrole nitrogens is 1. The Kier molecular flexibility index (Phi) is 5.03. The second-order valence-electron chi connectivity index (χ2n) is 7.18. The van der Waals surface area contributed by atoms with Crippen molar-refractivity contribution in [3.63, 3.8) is 0 Å². The molecule has 1 aliphatic heterocycles. The van der Waals surface area contributed by atoms with E-state index in [0.717, 1.165) is 41.9 Å². The minimum atomic E-state index is -0.0452. The van der Waals surface area contributed by atoms with Crippen molar-refractivity contribution in [2.75, 3.05) is 18.0 Å². The molecule has 140 valence electrons. The van der Waals surface area contributed by atoms with Gasteiger partial charge >= 0.3 is 0 Å². The molecule has 0 unspecified atom stereocenters. The molecule has 27 heavy (non-hydrogen) atoms. The molecule has 2 heterocycles. The summed E-state index contributed by atoms with van der Waals surface area (Å²) in [5, 5.41) is 3.72. The fraction of sp³-hybridized carbons (Fsp3) is 0.333. The van der Waals surface area contributed by atoms with Gasteiger partial charge in [-0.15, -0.1) is 0 Å². The summed E-state index contributed by atoms with van der Waals surface area (Å²) in [6.07, 6.45) is 1.87. The van der Waals surface area contributed by atoms with E-state index in [1.165, 1.54) is 5.56 Å². The van der Waals surface area contributed by atoms with Gasteiger partial charge in [0.2, 0.25) is 11.9 Å². The van der Waals surface area contributed by atoms with Gasteiger partial charge < -0.3 is 15.2 Å². The van der Waals surface area contributed by atoms with Crippen molar-refractivity contribution in [1.29, 1.82) is 0 Å². The monoisotopic (exact) mass is 382 g/mol. The van der Waals surface area contributed by atoms with Gasteiger partial charge in [-0.25, -0.2) is 4.98 Å². The number of hydrogen-bond acceptors (Lipinski definition) is 3. The van der Waals surface area contributed by atoms with E-state index < -0.39 is 0 Å². The average molecular weight is 383 g/mol. The van der Waals surface area contributed by atoms with E-state index in [1.54, 1.807) is 0 Å². The lowest BCUT2D eigenvalue weighted by atomic mass is 9.97. The van der Waals surface area contributed by atoms with Gasteiger partial charge in [0.15, 0.2) is 0 Å². The van der Waals surface area contributed by atoms with Crippen LogP contribution < -0.4 is 10.2 Å². The number of carbonyl (C=O) groups is 1. The number of anilines is 1. The number of benzene rings is 2. The van der Waals surface area contributed by atoms with Crippen LogP contribution in [0, 0.1) is 12.8 Å². The van der Waals surface area contributed by atoms with E-state index >= 15 is 0 Å². The van der Waals surface area contributed by atoms with Gasteiger partial charge in [-0.05, 0) is 49.1 Å². The standard InChI is InChI=1S/C21H23ClN4O/c1-14-8-9-18-19(11-14)25-21(24-18)26-10-4-6-16(13-26)20(27)23-12-15-5-2-3-7-17(15)22/h2-3,5,7-9,11,16H,4,6,10,12-13H2,1H3,(H,23,27)(H,24,25)/t16-/m0/s1. The number of amides is 1. The molecule has 1 atom stereocenters. The first-order valence-electron chi connectivity index (χ1n) is 9.32. The topological polar surface area (TPSA) is 61.0 Å². The molecule has 6 heteroatoms. The summed E-state index contributed by atoms with van der Waals surface area (Å²) in [7, 11) is 0. The lowest BCUT2D eigenvalue weighted by Crippen LogP contribution is -2.43. The van der Waals surface area contributed by atoms with Crippen LogP contribution in [0.3, 0.4) is 0 Å². The third-order valence-electron chi connectivity index (χ3n) is 5.13. The Morgan fingerprint density at radius 1 is 1.33 bits per heavy atom. The number of aryl methyl sites for hydroxylation is 1. The molecule has 0 radical (unpaired) electrons. The van der Waals surface area contributed by atoms with Crippen molar-refractivity contribution in [2.24, 2.45) is 5.92 Å². The van der Waals surface area contributed by atoms with E-state index in [-0.39, 0.29) is 11.8 Å². The largest absolute Gasteiger partial charge is 0.352 e. The summed E-state index contributed by atoms with van der Waals surface area (Å²) < 4.78 is 0. The van der Waals surface area contributed by atoms with Crippen LogP contribution in [0.4, 0.5) is 5.95 Å². The van der Waals surface area contributed by atoms with E-state index in [0.29, 0.717) is 18.1 Å². The highest BCUT2D eigenvalue weighted by molar-refractivity contribution is 6.31. The fourth-order valence-electron chi connectivity index (χ4n) is 3.61. The maximum absolute atomic E-state index is 12.7. The highest BCUT2D eigenvalue weighted by atomic mass is 35.5. The lowest BCUT2D eigenvalue weighted by Gasteiger charge is -2.31. The first-order chi connectivity index (χ1) is 13.1. The van der Waals surface area contributed by atoms with E-state index in [4.69, 9.17) is 16.6 Å². The number of nitrogens with zero attached hydrogens (tertiary/aromatic N) is 2. The summed E-state index contributed by atoms with van der Waals surface area (Å²) in [5.74, 6) is 0.877. The molecule has 1 saturated heterocycles. The Morgan fingerprint density at radius 3 is 3.04 bits per heavy atom. The third-order valence-corrected chi connectivity index (χ3v) is 5.50. The minimum Gasteiger partial charge on any atom is -0.352 e. The van der Waals surface area contributed by atoms with Crippen LogP contribution in [-0.4, -0.2) is 29.0 Å². The van der Waals surface area contributed by atoms with Crippen LogP contribution >= 0.6 is 11.6 Å². The molecule has 2 aromatic carbocycles. The quantitative estimate of drug-likeness (QED) is 0.715. The number of nitrogens with one attached hydrogen (secondary N) is 2. The molecule has 4 rings (SSSR count). The summed E-state index contributed by atoms with van der Waals surface area (Å²) in [6.45, 7) is 4.11. The van der Waals surface area contributed by atoms with Crippen LogP contribution in [0.15, 0.2) is 42.5 Å². The number of aromatic amines is 1. The molecule has 0 aliphatic carbocycles. The van der Waals surface area contributed by atoms with Gasteiger partial charge in [-0.3, -0.25) is 4.79 Å². The Hall–Kier alpha value is -2.53. The van der Waals surface area contributed by atoms with Crippen molar-refractivity contribution in [3.8, 4) is 0 Å². The van der Waals surface area contributed by atoms with Crippen LogP contribution in [0.1, 0.15) is 24.0 Å². The van der Waals surface area contributed by atoms with Gasteiger partial charge in [-0.2, -0.15) is 0 Å². The number of piperidine rings is 1. The molecule has 0 spiro atoms. The number of carbonyl (C=O) groups excluding carboxylic acids is 1. The number of fused-ring (bicyclic) bond motifs is 1. The predicted octanol–water partition coefficient (Wildman–Crippen LogP) is 4.06. The second kappa shape index (κ2) is 7.61. The summed E-state index contributed by atoms with van der Waals surface area (Å²) in [4.78, 5) is 22.9. The van der Waals surface area contributed by atoms with Crippen molar-refractivity contribution in [2.45, 2.75) is 26.3 Å². The molecular weight excluding hydrogens is 360 g/mol. The molecule has 1 aromatic heterocycles. The zero-order valence-corrected chi connectivity index (χ0v) is 16.1. The van der Waals surface area contributed by atoms with Crippen molar-refractivity contribution in [3.05, 3.63) is 58.6 Å². The van der Waals surface area contributed by atoms with E-state index in [2.05, 4.69) is 34.3 Å². The highest BCUT2D eigenvalue weighted by Gasteiger charge is 2.27. The minimum absolute atomic E-state index is 0.0452. The Balaban J connectivity index is 1.42. The Bertz CT molecular complexity index is 968. The van der Waals surface area contributed by atoms with Crippen LogP contribution in [-0.2, 0) is 11.3 Å². The Labute approximate surface area is 163 Å². The van der Waals surface area contributed by atoms with Gasteiger partial charge in [0.25, 0.3) is 0 Å². The van der Waals surface area contributed by atoms with E-state index in [1.807, 2.05) is 30.3 Å². The molecule has 0 bridgehead atoms. The molecule has 1 fully saturated rings. The van der Waals surface area contributed by atoms with Crippen LogP contribution in [0.25, 0.3) is 11.0 Å². The second-order valence-corrected chi connectivity index (χ2v) is 7.58. The summed E-state index contributed by atoms with van der Waals surface area (Å²) in [6, 6.07) is 13.8. The van der Waals surface area contributed by atoms with Crippen molar-refractivity contribution >= 4 is 34.5 Å². The lowest BCUT2D eigenvalue weighted by molar-refractivity contribution is -0.125. The van der Waals surface area contributed by atoms with Gasteiger partial charge in [0.05, 0.1) is 17.0 Å². The molecule has 2 N–H and O–H groups in total. The molecule has 1 amide bonds. The van der Waals surface area contributed by atoms with Gasteiger partial charge in [-0.1, -0.05) is 35.9 Å². The fourth-order valence-corrected chi connectivity index (χ4v) is 3.81. The number of hydrogen-bond donors (Lipinski definition) is 2. The number of halogens is 1. The van der Waals surface area contributed by atoms with Gasteiger partial charge in [0, 0.05) is 24.7 Å². The first kappa shape index (κ1) is 17.9. The number of imidazole rings is 1. The smallest absolute Gasteiger partial charge is 0.225 e. The SMILES string of the molecule is Cc1ccc2nc(N3CCC[C@H](C(=O)NCc4ccccc4Cl)C3)[nH]c2c1. The zero-order chi connectivity index (χ0) is 18.8. The maximum Gasteiger partial charge on any atom is 0.225 e. The summed E-state index contributed by atoms with van der Waals surface area (Å²) in [5.41, 5.74) is 4.14.